The van der Waals surface area contributed by atoms with Crippen molar-refractivity contribution >= 4 is 11.0 Å². The molecule has 0 bridgehead atoms. The Morgan fingerprint density at radius 1 is 1.23 bits per heavy atom. The van der Waals surface area contributed by atoms with E-state index in [2.05, 4.69) is 0 Å². The number of para-hydroxylation sites is 1. The quantitative estimate of drug-likeness (QED) is 0.736. The van der Waals surface area contributed by atoms with Gasteiger partial charge in [0.15, 0.2) is 11.5 Å². The first-order chi connectivity index (χ1) is 10.6. The largest absolute Gasteiger partial charge is 0.507 e. The third-order valence-corrected chi connectivity index (χ3v) is 3.62. The molecular formula is C18H16O4. The zero-order chi connectivity index (χ0) is 15.7. The lowest BCUT2D eigenvalue weighted by Gasteiger charge is -2.08. The average Bonchev–Trinajstić information content (AvgIpc) is 2.95. The maximum Gasteiger partial charge on any atom is 0.343 e. The summed E-state index contributed by atoms with van der Waals surface area (Å²) < 4.78 is 11.1. The topological polar surface area (TPSA) is 63.6 Å². The van der Waals surface area contributed by atoms with E-state index in [1.165, 1.54) is 0 Å². The molecule has 1 N–H and O–H groups in total. The third kappa shape index (κ3) is 2.33. The predicted octanol–water partition coefficient (Wildman–Crippen LogP) is 4.19. The van der Waals surface area contributed by atoms with Crippen molar-refractivity contribution in [1.82, 2.24) is 0 Å². The molecule has 4 heteroatoms. The first-order valence-electron chi connectivity index (χ1n) is 7.07. The first kappa shape index (κ1) is 14.2. The second kappa shape index (κ2) is 5.56. The van der Waals surface area contributed by atoms with Gasteiger partial charge in [-0.3, -0.25) is 0 Å². The van der Waals surface area contributed by atoms with Crippen LogP contribution < -0.4 is 5.63 Å². The van der Waals surface area contributed by atoms with Gasteiger partial charge in [0.05, 0.1) is 5.56 Å². The van der Waals surface area contributed by atoms with Gasteiger partial charge in [-0.1, -0.05) is 30.4 Å². The lowest BCUT2D eigenvalue weighted by molar-refractivity contribution is 0.431. The molecule has 0 aliphatic rings. The minimum atomic E-state index is -0.558. The molecule has 0 atom stereocenters. The fourth-order valence-corrected chi connectivity index (χ4v) is 2.38. The van der Waals surface area contributed by atoms with Gasteiger partial charge in [-0.2, -0.15) is 0 Å². The molecule has 0 fully saturated rings. The number of rotatable bonds is 3. The van der Waals surface area contributed by atoms with Crippen molar-refractivity contribution in [3.63, 3.8) is 0 Å². The highest BCUT2D eigenvalue weighted by Gasteiger charge is 2.20. The Morgan fingerprint density at radius 3 is 2.73 bits per heavy atom. The standard InChI is InChI=1S/C18H16O4/c1-3-4-8-13-16(19)11(2)18(20)22-17(13)15-10-12-7-5-6-9-14(12)21-15/h3-7,9-10,19H,8H2,1-2H3/b4-3+. The Morgan fingerprint density at radius 2 is 2.00 bits per heavy atom. The monoisotopic (exact) mass is 296 g/mol. The van der Waals surface area contributed by atoms with E-state index in [4.69, 9.17) is 8.83 Å². The number of benzene rings is 1. The summed E-state index contributed by atoms with van der Waals surface area (Å²) in [5, 5.41) is 11.2. The van der Waals surface area contributed by atoms with Crippen LogP contribution in [0, 0.1) is 6.92 Å². The Balaban J connectivity index is 2.26. The number of aromatic hydroxyl groups is 1. The Labute approximate surface area is 127 Å². The number of hydrogen-bond donors (Lipinski definition) is 1. The lowest BCUT2D eigenvalue weighted by Crippen LogP contribution is -2.07. The van der Waals surface area contributed by atoms with Gasteiger partial charge in [-0.05, 0) is 32.4 Å². The summed E-state index contributed by atoms with van der Waals surface area (Å²) in [5.41, 5.74) is 0.906. The Hall–Kier alpha value is -2.75. The van der Waals surface area contributed by atoms with Crippen LogP contribution in [0.3, 0.4) is 0 Å². The van der Waals surface area contributed by atoms with Gasteiger partial charge >= 0.3 is 5.63 Å². The first-order valence-corrected chi connectivity index (χ1v) is 7.07. The maximum absolute atomic E-state index is 11.9. The normalized spacial score (nSPS) is 11.5. The molecule has 0 aliphatic heterocycles. The van der Waals surface area contributed by atoms with Gasteiger partial charge in [-0.15, -0.1) is 0 Å². The highest BCUT2D eigenvalue weighted by atomic mass is 16.4. The minimum absolute atomic E-state index is 0.0372. The van der Waals surface area contributed by atoms with Crippen LogP contribution in [0.15, 0.2) is 56.1 Å². The fourth-order valence-electron chi connectivity index (χ4n) is 2.38. The zero-order valence-corrected chi connectivity index (χ0v) is 12.4. The summed E-state index contributed by atoms with van der Waals surface area (Å²) >= 11 is 0. The van der Waals surface area contributed by atoms with Crippen LogP contribution in [0.5, 0.6) is 5.75 Å². The number of hydrogen-bond acceptors (Lipinski definition) is 4. The van der Waals surface area contributed by atoms with Gasteiger partial charge in [0.2, 0.25) is 0 Å². The maximum atomic E-state index is 11.9. The molecule has 3 rings (SSSR count). The molecule has 0 unspecified atom stereocenters. The second-order valence-corrected chi connectivity index (χ2v) is 5.09. The Kier molecular flexibility index (Phi) is 3.59. The van der Waals surface area contributed by atoms with E-state index in [9.17, 15) is 9.90 Å². The molecule has 2 heterocycles. The van der Waals surface area contributed by atoms with E-state index >= 15 is 0 Å². The highest BCUT2D eigenvalue weighted by molar-refractivity contribution is 5.82. The molecule has 0 saturated heterocycles. The fraction of sp³-hybridized carbons (Fsp3) is 0.167. The Bertz CT molecular complexity index is 879. The van der Waals surface area contributed by atoms with Crippen molar-refractivity contribution in [2.45, 2.75) is 20.3 Å². The molecule has 1 aromatic carbocycles. The zero-order valence-electron chi connectivity index (χ0n) is 12.4. The SMILES string of the molecule is C/C=C/Cc1c(-c2cc3ccccc3o2)oc(=O)c(C)c1O. The highest BCUT2D eigenvalue weighted by Crippen LogP contribution is 2.34. The van der Waals surface area contributed by atoms with Crippen molar-refractivity contribution in [3.8, 4) is 17.3 Å². The van der Waals surface area contributed by atoms with Crippen molar-refractivity contribution in [3.05, 3.63) is 64.0 Å². The predicted molar refractivity (Wildman–Crippen MR) is 85.1 cm³/mol. The van der Waals surface area contributed by atoms with Crippen LogP contribution in [-0.2, 0) is 6.42 Å². The van der Waals surface area contributed by atoms with Crippen molar-refractivity contribution in [1.29, 1.82) is 0 Å². The summed E-state index contributed by atoms with van der Waals surface area (Å²) in [6.07, 6.45) is 4.22. The number of furan rings is 1. The van der Waals surface area contributed by atoms with Crippen LogP contribution >= 0.6 is 0 Å². The summed E-state index contributed by atoms with van der Waals surface area (Å²) in [5.74, 6) is 0.681. The van der Waals surface area contributed by atoms with Crippen molar-refractivity contribution in [2.75, 3.05) is 0 Å². The van der Waals surface area contributed by atoms with Crippen LogP contribution in [0.2, 0.25) is 0 Å². The molecule has 4 nitrogen and oxygen atoms in total. The van der Waals surface area contributed by atoms with Gasteiger partial charge in [0, 0.05) is 10.9 Å². The van der Waals surface area contributed by atoms with Gasteiger partial charge < -0.3 is 13.9 Å². The number of fused-ring (bicyclic) bond motifs is 1. The van der Waals surface area contributed by atoms with E-state index in [-0.39, 0.29) is 17.1 Å². The van der Waals surface area contributed by atoms with Gasteiger partial charge in [-0.25, -0.2) is 4.79 Å². The van der Waals surface area contributed by atoms with Crippen LogP contribution in [0.4, 0.5) is 0 Å². The minimum Gasteiger partial charge on any atom is -0.507 e. The summed E-state index contributed by atoms with van der Waals surface area (Å²) in [4.78, 5) is 11.9. The summed E-state index contributed by atoms with van der Waals surface area (Å²) in [7, 11) is 0. The van der Waals surface area contributed by atoms with E-state index < -0.39 is 5.63 Å². The van der Waals surface area contributed by atoms with Crippen LogP contribution in [0.25, 0.3) is 22.5 Å². The van der Waals surface area contributed by atoms with Gasteiger partial charge in [0.25, 0.3) is 0 Å². The molecule has 0 radical (unpaired) electrons. The molecule has 2 aromatic heterocycles. The summed E-state index contributed by atoms with van der Waals surface area (Å²) in [6, 6.07) is 9.35. The van der Waals surface area contributed by atoms with E-state index in [0.717, 1.165) is 5.39 Å². The summed E-state index contributed by atoms with van der Waals surface area (Å²) in [6.45, 7) is 3.44. The molecule has 0 spiro atoms. The van der Waals surface area contributed by atoms with E-state index in [1.807, 2.05) is 49.4 Å². The van der Waals surface area contributed by atoms with Crippen LogP contribution in [-0.4, -0.2) is 5.11 Å². The van der Waals surface area contributed by atoms with Crippen molar-refractivity contribution < 1.29 is 13.9 Å². The smallest absolute Gasteiger partial charge is 0.343 e. The molecule has 22 heavy (non-hydrogen) atoms. The second-order valence-electron chi connectivity index (χ2n) is 5.09. The number of allylic oxidation sites excluding steroid dienone is 2. The molecule has 0 saturated carbocycles. The molecule has 0 amide bonds. The lowest BCUT2D eigenvalue weighted by atomic mass is 10.1. The van der Waals surface area contributed by atoms with Gasteiger partial charge in [0.1, 0.15) is 11.3 Å². The third-order valence-electron chi connectivity index (χ3n) is 3.62. The molecular weight excluding hydrogens is 280 g/mol. The molecule has 3 aromatic rings. The van der Waals surface area contributed by atoms with E-state index in [1.54, 1.807) is 6.92 Å². The molecule has 0 aliphatic carbocycles. The average molecular weight is 296 g/mol. The van der Waals surface area contributed by atoms with Crippen molar-refractivity contribution in [2.24, 2.45) is 0 Å². The van der Waals surface area contributed by atoms with E-state index in [0.29, 0.717) is 23.3 Å². The van der Waals surface area contributed by atoms with Crippen LogP contribution in [0.1, 0.15) is 18.1 Å². The molecule has 112 valence electrons.